The van der Waals surface area contributed by atoms with Gasteiger partial charge in [0.05, 0.1) is 12.1 Å². The van der Waals surface area contributed by atoms with Crippen molar-refractivity contribution >= 4 is 28.6 Å². The highest BCUT2D eigenvalue weighted by molar-refractivity contribution is 7.99. The van der Waals surface area contributed by atoms with E-state index in [1.807, 2.05) is 6.07 Å². The largest absolute Gasteiger partial charge is 0.493 e. The predicted molar refractivity (Wildman–Crippen MR) is 119 cm³/mol. The average molecular weight is 412 g/mol. The van der Waals surface area contributed by atoms with Crippen LogP contribution < -0.4 is 15.8 Å². The van der Waals surface area contributed by atoms with E-state index in [9.17, 15) is 0 Å². The second-order valence-corrected chi connectivity index (χ2v) is 9.58. The van der Waals surface area contributed by atoms with Crippen LogP contribution in [0.3, 0.4) is 0 Å². The van der Waals surface area contributed by atoms with Crippen LogP contribution >= 0.6 is 11.8 Å². The van der Waals surface area contributed by atoms with Gasteiger partial charge in [-0.2, -0.15) is 0 Å². The maximum atomic E-state index is 6.12. The first kappa shape index (κ1) is 20.0. The Labute approximate surface area is 176 Å². The van der Waals surface area contributed by atoms with Crippen LogP contribution in [0.15, 0.2) is 34.4 Å². The summed E-state index contributed by atoms with van der Waals surface area (Å²) in [5.41, 5.74) is 10.6. The van der Waals surface area contributed by atoms with Gasteiger partial charge in [-0.25, -0.2) is 9.97 Å². The summed E-state index contributed by atoms with van der Waals surface area (Å²) in [6, 6.07) is 6.38. The summed E-state index contributed by atoms with van der Waals surface area (Å²) in [7, 11) is 0. The minimum atomic E-state index is 0.116. The maximum Gasteiger partial charge on any atom is 0.174 e. The van der Waals surface area contributed by atoms with Crippen LogP contribution in [-0.2, 0) is 13.0 Å². The molecule has 6 nitrogen and oxygen atoms in total. The molecule has 154 valence electrons. The van der Waals surface area contributed by atoms with Gasteiger partial charge in [0.1, 0.15) is 11.3 Å². The van der Waals surface area contributed by atoms with Crippen molar-refractivity contribution in [3.8, 4) is 5.75 Å². The number of hydrogen-bond donors (Lipinski definition) is 2. The standard InChI is InChI=1S/C22H29N5OS/c1-14-12-15-7-11-28-17(15)13-18(14)29-21-26-19-16(6-9-24-20(19)23)27(21)10-5-8-25-22(2,3)4/h6,9,12-13,25H,5,7-8,10-11H2,1-4H3,(H2,23,24). The molecule has 0 spiro atoms. The van der Waals surface area contributed by atoms with Gasteiger partial charge >= 0.3 is 0 Å². The molecule has 0 bridgehead atoms. The van der Waals surface area contributed by atoms with Crippen molar-refractivity contribution < 1.29 is 4.74 Å². The summed E-state index contributed by atoms with van der Waals surface area (Å²) in [4.78, 5) is 10.2. The lowest BCUT2D eigenvalue weighted by Crippen LogP contribution is -2.36. The van der Waals surface area contributed by atoms with Gasteiger partial charge in [0.2, 0.25) is 0 Å². The molecule has 1 aliphatic rings. The molecule has 3 heterocycles. The lowest BCUT2D eigenvalue weighted by molar-refractivity contribution is 0.356. The molecule has 0 atom stereocenters. The van der Waals surface area contributed by atoms with Gasteiger partial charge < -0.3 is 20.4 Å². The molecule has 1 aromatic carbocycles. The Morgan fingerprint density at radius 3 is 2.93 bits per heavy atom. The lowest BCUT2D eigenvalue weighted by Gasteiger charge is -2.20. The number of fused-ring (bicyclic) bond motifs is 2. The van der Waals surface area contributed by atoms with E-state index in [2.05, 4.69) is 54.7 Å². The molecular weight excluding hydrogens is 382 g/mol. The maximum absolute atomic E-state index is 6.12. The fraction of sp³-hybridized carbons (Fsp3) is 0.455. The van der Waals surface area contributed by atoms with E-state index in [1.165, 1.54) is 16.0 Å². The van der Waals surface area contributed by atoms with Crippen molar-refractivity contribution in [3.63, 3.8) is 0 Å². The molecule has 29 heavy (non-hydrogen) atoms. The highest BCUT2D eigenvalue weighted by atomic mass is 32.2. The minimum Gasteiger partial charge on any atom is -0.493 e. The van der Waals surface area contributed by atoms with Gasteiger partial charge in [0.25, 0.3) is 0 Å². The van der Waals surface area contributed by atoms with E-state index in [0.29, 0.717) is 5.82 Å². The fourth-order valence-corrected chi connectivity index (χ4v) is 4.60. The first-order chi connectivity index (χ1) is 13.8. The highest BCUT2D eigenvalue weighted by Crippen LogP contribution is 2.38. The molecule has 0 aliphatic carbocycles. The number of aryl methyl sites for hydroxylation is 2. The Morgan fingerprint density at radius 1 is 1.31 bits per heavy atom. The normalized spacial score (nSPS) is 13.7. The number of nitrogens with two attached hydrogens (primary N) is 1. The van der Waals surface area contributed by atoms with Gasteiger partial charge in [-0.3, -0.25) is 0 Å². The van der Waals surface area contributed by atoms with Crippen LogP contribution in [0.2, 0.25) is 0 Å². The van der Waals surface area contributed by atoms with E-state index in [0.717, 1.165) is 54.5 Å². The number of rotatable bonds is 6. The van der Waals surface area contributed by atoms with Crippen molar-refractivity contribution in [2.24, 2.45) is 0 Å². The molecule has 0 radical (unpaired) electrons. The van der Waals surface area contributed by atoms with Gasteiger partial charge in [0, 0.05) is 29.6 Å². The Hall–Kier alpha value is -2.25. The van der Waals surface area contributed by atoms with Crippen LogP contribution in [0.1, 0.15) is 38.3 Å². The smallest absolute Gasteiger partial charge is 0.174 e. The molecule has 0 saturated carbocycles. The third kappa shape index (κ3) is 4.36. The molecule has 0 amide bonds. The zero-order chi connectivity index (χ0) is 20.6. The Morgan fingerprint density at radius 2 is 2.14 bits per heavy atom. The molecule has 1 aliphatic heterocycles. The summed E-state index contributed by atoms with van der Waals surface area (Å²) in [6.07, 6.45) is 3.75. The van der Waals surface area contributed by atoms with Gasteiger partial charge in [-0.15, -0.1) is 0 Å². The number of nitrogens with one attached hydrogen (secondary N) is 1. The van der Waals surface area contributed by atoms with Crippen LogP contribution in [0, 0.1) is 6.92 Å². The van der Waals surface area contributed by atoms with E-state index >= 15 is 0 Å². The minimum absolute atomic E-state index is 0.116. The number of nitrogen functional groups attached to an aromatic ring is 1. The topological polar surface area (TPSA) is 78.0 Å². The Balaban J connectivity index is 1.64. The third-order valence-corrected chi connectivity index (χ3v) is 6.22. The van der Waals surface area contributed by atoms with Crippen molar-refractivity contribution in [2.45, 2.75) is 62.7 Å². The summed E-state index contributed by atoms with van der Waals surface area (Å²) < 4.78 is 8.03. The molecule has 0 saturated heterocycles. The van der Waals surface area contributed by atoms with Crippen molar-refractivity contribution in [1.29, 1.82) is 0 Å². The number of imidazole rings is 1. The summed E-state index contributed by atoms with van der Waals surface area (Å²) >= 11 is 1.67. The predicted octanol–water partition coefficient (Wildman–Crippen LogP) is 4.19. The highest BCUT2D eigenvalue weighted by Gasteiger charge is 2.19. The van der Waals surface area contributed by atoms with Gasteiger partial charge in [-0.1, -0.05) is 17.8 Å². The van der Waals surface area contributed by atoms with Crippen LogP contribution in [0.5, 0.6) is 5.75 Å². The van der Waals surface area contributed by atoms with Crippen molar-refractivity contribution in [3.05, 3.63) is 35.5 Å². The van der Waals surface area contributed by atoms with Crippen LogP contribution in [0.4, 0.5) is 5.82 Å². The van der Waals surface area contributed by atoms with Gasteiger partial charge in [-0.05, 0) is 63.9 Å². The second kappa shape index (κ2) is 7.88. The van der Waals surface area contributed by atoms with Crippen LogP contribution in [0.25, 0.3) is 11.0 Å². The van der Waals surface area contributed by atoms with Crippen molar-refractivity contribution in [2.75, 3.05) is 18.9 Å². The molecule has 0 fully saturated rings. The first-order valence-electron chi connectivity index (χ1n) is 10.1. The second-order valence-electron chi connectivity index (χ2n) is 8.57. The van der Waals surface area contributed by atoms with E-state index in [4.69, 9.17) is 15.5 Å². The number of anilines is 1. The number of nitrogens with zero attached hydrogens (tertiary/aromatic N) is 3. The zero-order valence-corrected chi connectivity index (χ0v) is 18.4. The molecule has 2 aromatic heterocycles. The number of pyridine rings is 1. The molecule has 0 unspecified atom stereocenters. The number of benzene rings is 1. The average Bonchev–Trinajstić information content (AvgIpc) is 3.23. The Bertz CT molecular complexity index is 1040. The lowest BCUT2D eigenvalue weighted by atomic mass is 10.1. The monoisotopic (exact) mass is 411 g/mol. The van der Waals surface area contributed by atoms with Gasteiger partial charge in [0.15, 0.2) is 11.0 Å². The number of aromatic nitrogens is 3. The molecule has 7 heteroatoms. The number of hydrogen-bond acceptors (Lipinski definition) is 6. The quantitative estimate of drug-likeness (QED) is 0.592. The molecule has 4 rings (SSSR count). The molecule has 3 aromatic rings. The van der Waals surface area contributed by atoms with E-state index in [-0.39, 0.29) is 5.54 Å². The van der Waals surface area contributed by atoms with Crippen molar-refractivity contribution in [1.82, 2.24) is 19.9 Å². The van der Waals surface area contributed by atoms with E-state index in [1.54, 1.807) is 18.0 Å². The SMILES string of the molecule is Cc1cc2c(cc1Sc1nc3c(N)nccc3n1CCCNC(C)(C)C)OCC2. The summed E-state index contributed by atoms with van der Waals surface area (Å²) in [5.74, 6) is 1.47. The van der Waals surface area contributed by atoms with E-state index < -0.39 is 0 Å². The molecular formula is C22H29N5OS. The number of ether oxygens (including phenoxy) is 1. The summed E-state index contributed by atoms with van der Waals surface area (Å²) in [6.45, 7) is 11.3. The first-order valence-corrected chi connectivity index (χ1v) is 10.9. The zero-order valence-electron chi connectivity index (χ0n) is 17.6. The van der Waals surface area contributed by atoms with Crippen LogP contribution in [-0.4, -0.2) is 33.2 Å². The molecule has 3 N–H and O–H groups in total. The fourth-order valence-electron chi connectivity index (χ4n) is 3.58. The third-order valence-electron chi connectivity index (χ3n) is 5.06. The summed E-state index contributed by atoms with van der Waals surface area (Å²) in [5, 5.41) is 4.50. The Kier molecular flexibility index (Phi) is 5.44.